The standard InChI is InChI=1S/C12H12F4N4O/c1-6-5-19-9(7(13)3-18-19)8-4-17-10(20(6)8)11(2,21)12(14,15)16/h3-4,6,21H,5H2,1-2H3/t6-,11?/m0/s1. The first-order chi connectivity index (χ1) is 9.64. The van der Waals surface area contributed by atoms with E-state index in [2.05, 4.69) is 10.1 Å². The Kier molecular flexibility index (Phi) is 2.72. The van der Waals surface area contributed by atoms with Gasteiger partial charge in [0.05, 0.1) is 30.7 Å². The van der Waals surface area contributed by atoms with Gasteiger partial charge in [0.1, 0.15) is 5.69 Å². The van der Waals surface area contributed by atoms with Crippen molar-refractivity contribution in [2.45, 2.75) is 38.2 Å². The number of hydrogen-bond donors (Lipinski definition) is 1. The van der Waals surface area contributed by atoms with Gasteiger partial charge in [-0.15, -0.1) is 0 Å². The Bertz CT molecular complexity index is 701. The zero-order valence-corrected chi connectivity index (χ0v) is 11.2. The fraction of sp³-hybridized carbons (Fsp3) is 0.500. The summed E-state index contributed by atoms with van der Waals surface area (Å²) in [5.74, 6) is -1.19. The van der Waals surface area contributed by atoms with E-state index in [1.807, 2.05) is 0 Å². The summed E-state index contributed by atoms with van der Waals surface area (Å²) < 4.78 is 55.4. The van der Waals surface area contributed by atoms with Crippen molar-refractivity contribution in [2.24, 2.45) is 0 Å². The van der Waals surface area contributed by atoms with E-state index in [4.69, 9.17) is 0 Å². The molecule has 0 fully saturated rings. The summed E-state index contributed by atoms with van der Waals surface area (Å²) in [7, 11) is 0. The molecule has 1 aliphatic rings. The van der Waals surface area contributed by atoms with E-state index < -0.39 is 29.5 Å². The average Bonchev–Trinajstić information content (AvgIpc) is 2.92. The van der Waals surface area contributed by atoms with Gasteiger partial charge < -0.3 is 9.67 Å². The van der Waals surface area contributed by atoms with E-state index in [0.717, 1.165) is 12.4 Å². The van der Waals surface area contributed by atoms with Crippen LogP contribution in [0.1, 0.15) is 25.7 Å². The molecular formula is C12H12F4N4O. The Labute approximate surface area is 116 Å². The summed E-state index contributed by atoms with van der Waals surface area (Å²) >= 11 is 0. The summed E-state index contributed by atoms with van der Waals surface area (Å²) in [5.41, 5.74) is -2.87. The Morgan fingerprint density at radius 3 is 2.62 bits per heavy atom. The van der Waals surface area contributed by atoms with Crippen molar-refractivity contribution in [1.82, 2.24) is 19.3 Å². The van der Waals surface area contributed by atoms with Gasteiger partial charge in [-0.05, 0) is 13.8 Å². The van der Waals surface area contributed by atoms with Gasteiger partial charge in [-0.3, -0.25) is 4.68 Å². The minimum Gasteiger partial charge on any atom is -0.374 e. The highest BCUT2D eigenvalue weighted by atomic mass is 19.4. The normalized spacial score (nSPS) is 20.8. The van der Waals surface area contributed by atoms with Crippen molar-refractivity contribution in [3.8, 4) is 11.4 Å². The maximum absolute atomic E-state index is 13.8. The van der Waals surface area contributed by atoms with E-state index in [1.165, 1.54) is 9.25 Å². The molecule has 5 nitrogen and oxygen atoms in total. The summed E-state index contributed by atoms with van der Waals surface area (Å²) in [5, 5.41) is 13.7. The lowest BCUT2D eigenvalue weighted by Gasteiger charge is -2.31. The minimum atomic E-state index is -4.88. The van der Waals surface area contributed by atoms with E-state index in [9.17, 15) is 22.7 Å². The van der Waals surface area contributed by atoms with Crippen molar-refractivity contribution in [3.05, 3.63) is 24.0 Å². The van der Waals surface area contributed by atoms with Crippen LogP contribution in [-0.4, -0.2) is 30.6 Å². The van der Waals surface area contributed by atoms with Crippen LogP contribution in [0.2, 0.25) is 0 Å². The zero-order chi connectivity index (χ0) is 15.6. The SMILES string of the molecule is C[C@H]1Cn2ncc(F)c2-c2cnc(C(C)(O)C(F)(F)F)n21. The summed E-state index contributed by atoms with van der Waals surface area (Å²) in [6.07, 6.45) is -2.75. The van der Waals surface area contributed by atoms with Gasteiger partial charge in [0.25, 0.3) is 0 Å². The lowest BCUT2D eigenvalue weighted by molar-refractivity contribution is -0.262. The third-order valence-corrected chi connectivity index (χ3v) is 3.70. The van der Waals surface area contributed by atoms with Crippen LogP contribution in [0.3, 0.4) is 0 Å². The van der Waals surface area contributed by atoms with Gasteiger partial charge in [-0.2, -0.15) is 18.3 Å². The molecule has 1 aliphatic heterocycles. The molecule has 0 spiro atoms. The Balaban J connectivity index is 2.23. The highest BCUT2D eigenvalue weighted by Crippen LogP contribution is 2.42. The quantitative estimate of drug-likeness (QED) is 0.822. The molecule has 0 amide bonds. The predicted octanol–water partition coefficient (Wildman–Crippen LogP) is 2.23. The molecule has 21 heavy (non-hydrogen) atoms. The molecule has 9 heteroatoms. The smallest absolute Gasteiger partial charge is 0.374 e. The van der Waals surface area contributed by atoms with E-state index in [0.29, 0.717) is 6.92 Å². The first-order valence-corrected chi connectivity index (χ1v) is 6.23. The monoisotopic (exact) mass is 304 g/mol. The first-order valence-electron chi connectivity index (χ1n) is 6.23. The fourth-order valence-electron chi connectivity index (χ4n) is 2.56. The van der Waals surface area contributed by atoms with Gasteiger partial charge in [0.15, 0.2) is 11.6 Å². The molecule has 0 aromatic carbocycles. The Hall–Kier alpha value is -1.90. The molecule has 0 saturated heterocycles. The van der Waals surface area contributed by atoms with Crippen molar-refractivity contribution in [3.63, 3.8) is 0 Å². The number of rotatable bonds is 1. The topological polar surface area (TPSA) is 55.9 Å². The molecule has 0 bridgehead atoms. The van der Waals surface area contributed by atoms with Gasteiger partial charge in [0, 0.05) is 0 Å². The number of halogens is 4. The number of fused-ring (bicyclic) bond motifs is 3. The zero-order valence-electron chi connectivity index (χ0n) is 11.2. The average molecular weight is 304 g/mol. The molecule has 3 rings (SSSR count). The second-order valence-electron chi connectivity index (χ2n) is 5.28. The van der Waals surface area contributed by atoms with Gasteiger partial charge in [0.2, 0.25) is 5.60 Å². The number of aromatic nitrogens is 4. The number of hydrogen-bond acceptors (Lipinski definition) is 3. The predicted molar refractivity (Wildman–Crippen MR) is 63.7 cm³/mol. The number of alkyl halides is 3. The number of aliphatic hydroxyl groups is 1. The van der Waals surface area contributed by atoms with Crippen LogP contribution in [0.25, 0.3) is 11.4 Å². The second kappa shape index (κ2) is 4.06. The molecule has 2 aromatic heterocycles. The summed E-state index contributed by atoms with van der Waals surface area (Å²) in [6.45, 7) is 2.49. The molecule has 1 unspecified atom stereocenters. The van der Waals surface area contributed by atoms with Gasteiger partial charge in [-0.1, -0.05) is 0 Å². The van der Waals surface area contributed by atoms with Crippen LogP contribution in [0.5, 0.6) is 0 Å². The molecule has 1 N–H and O–H groups in total. The molecular weight excluding hydrogens is 292 g/mol. The first kappa shape index (κ1) is 14.1. The lowest BCUT2D eigenvalue weighted by Crippen LogP contribution is -2.42. The molecule has 0 saturated carbocycles. The van der Waals surface area contributed by atoms with Crippen molar-refractivity contribution in [1.29, 1.82) is 0 Å². The van der Waals surface area contributed by atoms with Crippen molar-refractivity contribution in [2.75, 3.05) is 0 Å². The minimum absolute atomic E-state index is 0.0739. The maximum atomic E-state index is 13.8. The van der Waals surface area contributed by atoms with Crippen LogP contribution < -0.4 is 0 Å². The van der Waals surface area contributed by atoms with Crippen molar-refractivity contribution < 1.29 is 22.7 Å². The van der Waals surface area contributed by atoms with Crippen molar-refractivity contribution >= 4 is 0 Å². The van der Waals surface area contributed by atoms with E-state index >= 15 is 0 Å². The largest absolute Gasteiger partial charge is 0.424 e. The van der Waals surface area contributed by atoms with E-state index in [-0.39, 0.29) is 17.9 Å². The molecule has 3 heterocycles. The fourth-order valence-corrected chi connectivity index (χ4v) is 2.56. The van der Waals surface area contributed by atoms with E-state index in [1.54, 1.807) is 6.92 Å². The van der Waals surface area contributed by atoms with Crippen LogP contribution in [0, 0.1) is 5.82 Å². The molecule has 2 atom stereocenters. The third-order valence-electron chi connectivity index (χ3n) is 3.70. The summed E-state index contributed by atoms with van der Waals surface area (Å²) in [4.78, 5) is 3.69. The van der Waals surface area contributed by atoms with Crippen LogP contribution in [0.4, 0.5) is 17.6 Å². The number of nitrogens with zero attached hydrogens (tertiary/aromatic N) is 4. The van der Waals surface area contributed by atoms with Gasteiger partial charge in [-0.25, -0.2) is 9.37 Å². The molecule has 0 radical (unpaired) electrons. The molecule has 0 aliphatic carbocycles. The lowest BCUT2D eigenvalue weighted by atomic mass is 10.0. The van der Waals surface area contributed by atoms with Crippen LogP contribution in [0.15, 0.2) is 12.4 Å². The number of imidazole rings is 1. The molecule has 2 aromatic rings. The Morgan fingerprint density at radius 1 is 1.33 bits per heavy atom. The van der Waals surface area contributed by atoms with Gasteiger partial charge >= 0.3 is 6.18 Å². The summed E-state index contributed by atoms with van der Waals surface area (Å²) in [6, 6.07) is -0.446. The Morgan fingerprint density at radius 2 is 2.00 bits per heavy atom. The maximum Gasteiger partial charge on any atom is 0.424 e. The highest BCUT2D eigenvalue weighted by Gasteiger charge is 2.55. The molecule has 114 valence electrons. The third kappa shape index (κ3) is 1.80. The highest BCUT2D eigenvalue weighted by molar-refractivity contribution is 5.57. The van der Waals surface area contributed by atoms with Crippen LogP contribution >= 0.6 is 0 Å². The second-order valence-corrected chi connectivity index (χ2v) is 5.28. The van der Waals surface area contributed by atoms with Crippen LogP contribution in [-0.2, 0) is 12.1 Å².